The van der Waals surface area contributed by atoms with Crippen LogP contribution in [0.15, 0.2) is 0 Å². The first-order valence-corrected chi connectivity index (χ1v) is 11.3. The molecule has 0 bridgehead atoms. The van der Waals surface area contributed by atoms with E-state index in [9.17, 15) is 9.90 Å². The van der Waals surface area contributed by atoms with E-state index in [1.807, 2.05) is 28.1 Å². The molecule has 0 aromatic carbocycles. The monoisotopic (exact) mass is 370 g/mol. The van der Waals surface area contributed by atoms with E-state index < -0.39 is 11.5 Å². The van der Waals surface area contributed by atoms with Crippen molar-refractivity contribution in [3.8, 4) is 0 Å². The highest BCUT2D eigenvalue weighted by Crippen LogP contribution is 2.35. The Labute approximate surface area is 164 Å². The third-order valence-electron chi connectivity index (χ3n) is 6.43. The molecule has 0 aromatic heterocycles. The van der Waals surface area contributed by atoms with Crippen LogP contribution in [-0.4, -0.2) is 42.2 Å². The van der Waals surface area contributed by atoms with Crippen LogP contribution >= 0.6 is 0 Å². The smallest absolute Gasteiger partial charge is 0.365 e. The number of quaternary nitrogens is 1. The molecule has 2 unspecified atom stereocenters. The van der Waals surface area contributed by atoms with Crippen LogP contribution in [-0.2, 0) is 4.79 Å². The van der Waals surface area contributed by atoms with E-state index in [1.54, 1.807) is 0 Å². The molecule has 156 valence electrons. The maximum atomic E-state index is 12.2. The Morgan fingerprint density at radius 3 is 1.50 bits per heavy atom. The SMILES string of the molecule is CCCCCCCCCCCC(CCCCC)C(C)(C(=O)O)[N+](C)(C)C. The number of nitrogens with zero attached hydrogens (tertiary/aromatic N) is 1. The van der Waals surface area contributed by atoms with E-state index in [2.05, 4.69) is 13.8 Å². The van der Waals surface area contributed by atoms with Gasteiger partial charge in [-0.1, -0.05) is 90.9 Å². The van der Waals surface area contributed by atoms with Crippen molar-refractivity contribution in [3.05, 3.63) is 0 Å². The average molecular weight is 371 g/mol. The fraction of sp³-hybridized carbons (Fsp3) is 0.957. The molecule has 0 fully saturated rings. The Morgan fingerprint density at radius 2 is 1.12 bits per heavy atom. The summed E-state index contributed by atoms with van der Waals surface area (Å²) in [6, 6.07) is 0. The van der Waals surface area contributed by atoms with Crippen molar-refractivity contribution in [2.24, 2.45) is 5.92 Å². The highest BCUT2D eigenvalue weighted by atomic mass is 16.4. The number of carboxylic acid groups (broad SMARTS) is 1. The molecule has 0 aromatic rings. The third kappa shape index (κ3) is 8.88. The normalized spacial score (nSPS) is 15.6. The minimum Gasteiger partial charge on any atom is -0.477 e. The second-order valence-corrected chi connectivity index (χ2v) is 9.27. The summed E-state index contributed by atoms with van der Waals surface area (Å²) in [5.74, 6) is -0.376. The van der Waals surface area contributed by atoms with Crippen molar-refractivity contribution < 1.29 is 14.4 Å². The Hall–Kier alpha value is -0.570. The number of hydrogen-bond acceptors (Lipinski definition) is 1. The number of unbranched alkanes of at least 4 members (excludes halogenated alkanes) is 10. The lowest BCUT2D eigenvalue weighted by Crippen LogP contribution is -2.64. The van der Waals surface area contributed by atoms with Crippen LogP contribution < -0.4 is 0 Å². The van der Waals surface area contributed by atoms with Gasteiger partial charge in [-0.25, -0.2) is 4.79 Å². The number of aliphatic carboxylic acids is 1. The maximum Gasteiger partial charge on any atom is 0.365 e. The molecule has 0 aliphatic heterocycles. The van der Waals surface area contributed by atoms with Gasteiger partial charge in [0.05, 0.1) is 21.1 Å². The summed E-state index contributed by atoms with van der Waals surface area (Å²) >= 11 is 0. The number of likely N-dealkylation sites (N-methyl/N-ethyl adjacent to an activating group) is 1. The van der Waals surface area contributed by atoms with Gasteiger partial charge in [-0.15, -0.1) is 0 Å². The van der Waals surface area contributed by atoms with E-state index in [0.29, 0.717) is 4.48 Å². The lowest BCUT2D eigenvalue weighted by molar-refractivity contribution is -0.916. The van der Waals surface area contributed by atoms with E-state index in [1.165, 1.54) is 70.6 Å². The molecule has 3 heteroatoms. The lowest BCUT2D eigenvalue weighted by Gasteiger charge is -2.45. The molecule has 0 aliphatic rings. The van der Waals surface area contributed by atoms with Crippen molar-refractivity contribution in [1.82, 2.24) is 0 Å². The topological polar surface area (TPSA) is 37.3 Å². The van der Waals surface area contributed by atoms with E-state index in [0.717, 1.165) is 19.3 Å². The number of hydrogen-bond donors (Lipinski definition) is 1. The standard InChI is InChI=1S/C23H47NO2/c1-7-9-11-12-13-14-15-16-18-20-21(19-17-10-8-2)23(3,22(25)26)24(4,5)6/h21H,7-20H2,1-6H3/p+1. The summed E-state index contributed by atoms with van der Waals surface area (Å²) in [7, 11) is 6.12. The van der Waals surface area contributed by atoms with Gasteiger partial charge in [0.1, 0.15) is 0 Å². The predicted molar refractivity (Wildman–Crippen MR) is 114 cm³/mol. The Balaban J connectivity index is 4.49. The van der Waals surface area contributed by atoms with Gasteiger partial charge < -0.3 is 9.59 Å². The summed E-state index contributed by atoms with van der Waals surface area (Å²) in [5.41, 5.74) is -0.701. The fourth-order valence-electron chi connectivity index (χ4n) is 4.06. The quantitative estimate of drug-likeness (QED) is 0.230. The van der Waals surface area contributed by atoms with E-state index >= 15 is 0 Å². The van der Waals surface area contributed by atoms with E-state index in [-0.39, 0.29) is 5.92 Å². The molecule has 2 atom stereocenters. The molecule has 0 saturated carbocycles. The molecule has 0 rings (SSSR count). The Bertz CT molecular complexity index is 362. The lowest BCUT2D eigenvalue weighted by atomic mass is 9.76. The molecule has 26 heavy (non-hydrogen) atoms. The van der Waals surface area contributed by atoms with Crippen LogP contribution in [0.3, 0.4) is 0 Å². The summed E-state index contributed by atoms with van der Waals surface area (Å²) in [6.07, 6.45) is 17.6. The predicted octanol–water partition coefficient (Wildman–Crippen LogP) is 6.65. The second kappa shape index (κ2) is 13.6. The molecule has 0 spiro atoms. The molecule has 0 saturated heterocycles. The van der Waals surface area contributed by atoms with Crippen molar-refractivity contribution >= 4 is 5.97 Å². The third-order valence-corrected chi connectivity index (χ3v) is 6.43. The zero-order chi connectivity index (χ0) is 20.1. The maximum absolute atomic E-state index is 12.2. The van der Waals surface area contributed by atoms with Crippen molar-refractivity contribution in [1.29, 1.82) is 0 Å². The largest absolute Gasteiger partial charge is 0.477 e. The summed E-state index contributed by atoms with van der Waals surface area (Å²) in [6.45, 7) is 6.45. The summed E-state index contributed by atoms with van der Waals surface area (Å²) < 4.78 is 0.497. The van der Waals surface area contributed by atoms with Crippen LogP contribution in [0.4, 0.5) is 0 Å². The van der Waals surface area contributed by atoms with Crippen LogP contribution in [0.25, 0.3) is 0 Å². The summed E-state index contributed by atoms with van der Waals surface area (Å²) in [4.78, 5) is 12.2. The number of carbonyl (C=O) groups is 1. The molecule has 0 heterocycles. The molecule has 0 amide bonds. The van der Waals surface area contributed by atoms with Crippen molar-refractivity contribution in [3.63, 3.8) is 0 Å². The average Bonchev–Trinajstić information content (AvgIpc) is 2.57. The minimum absolute atomic E-state index is 0.260. The zero-order valence-corrected chi connectivity index (χ0v) is 18.8. The highest BCUT2D eigenvalue weighted by Gasteiger charge is 2.51. The van der Waals surface area contributed by atoms with E-state index in [4.69, 9.17) is 0 Å². The van der Waals surface area contributed by atoms with Gasteiger partial charge in [0.15, 0.2) is 5.54 Å². The molecule has 0 aliphatic carbocycles. The first-order chi connectivity index (χ1) is 12.2. The van der Waals surface area contributed by atoms with Gasteiger partial charge in [0.25, 0.3) is 0 Å². The minimum atomic E-state index is -0.701. The van der Waals surface area contributed by atoms with Gasteiger partial charge in [-0.2, -0.15) is 0 Å². The molecule has 1 N–H and O–H groups in total. The first-order valence-electron chi connectivity index (χ1n) is 11.3. The first kappa shape index (κ1) is 25.4. The van der Waals surface area contributed by atoms with Crippen LogP contribution in [0.2, 0.25) is 0 Å². The van der Waals surface area contributed by atoms with Crippen LogP contribution in [0.5, 0.6) is 0 Å². The number of rotatable bonds is 17. The van der Waals surface area contributed by atoms with Gasteiger partial charge in [-0.05, 0) is 12.8 Å². The van der Waals surface area contributed by atoms with Crippen molar-refractivity contribution in [2.75, 3.05) is 21.1 Å². The van der Waals surface area contributed by atoms with Crippen molar-refractivity contribution in [2.45, 2.75) is 116 Å². The van der Waals surface area contributed by atoms with Gasteiger partial charge in [0, 0.05) is 12.8 Å². The number of carboxylic acids is 1. The Kier molecular flexibility index (Phi) is 13.3. The molecule has 3 nitrogen and oxygen atoms in total. The van der Waals surface area contributed by atoms with Gasteiger partial charge in [-0.3, -0.25) is 0 Å². The van der Waals surface area contributed by atoms with Gasteiger partial charge in [0.2, 0.25) is 0 Å². The van der Waals surface area contributed by atoms with Gasteiger partial charge >= 0.3 is 5.97 Å². The van der Waals surface area contributed by atoms with Crippen LogP contribution in [0, 0.1) is 5.92 Å². The zero-order valence-electron chi connectivity index (χ0n) is 18.8. The summed E-state index contributed by atoms with van der Waals surface area (Å²) in [5, 5.41) is 10.0. The fourth-order valence-corrected chi connectivity index (χ4v) is 4.06. The molecular weight excluding hydrogens is 322 g/mol. The van der Waals surface area contributed by atoms with Crippen LogP contribution in [0.1, 0.15) is 111 Å². The molecular formula is C23H48NO2+. The Morgan fingerprint density at radius 1 is 0.769 bits per heavy atom. The molecule has 0 radical (unpaired) electrons. The second-order valence-electron chi connectivity index (χ2n) is 9.27. The highest BCUT2D eigenvalue weighted by molar-refractivity contribution is 5.77.